The maximum Gasteiger partial charge on any atom is 0.471 e. The van der Waals surface area contributed by atoms with E-state index in [9.17, 15) is 31.1 Å². The lowest BCUT2D eigenvalue weighted by atomic mass is 10.0. The summed E-state index contributed by atoms with van der Waals surface area (Å²) < 4.78 is 73.8. The molecular formula is C17H16F6N2O3. The molecule has 2 rings (SSSR count). The van der Waals surface area contributed by atoms with E-state index in [0.717, 1.165) is 16.3 Å². The monoisotopic (exact) mass is 410 g/mol. The molecule has 2 amide bonds. The Morgan fingerprint density at radius 2 is 1.57 bits per heavy atom. The number of hydrogen-bond donors (Lipinski definition) is 2. The number of rotatable bonds is 4. The SMILES string of the molecule is COc1ccc2ccccc2c1CCNC(=O)C(F)(F)F.NC(=O)C(F)(F)F. The highest BCUT2D eigenvalue weighted by Gasteiger charge is 2.38. The van der Waals surface area contributed by atoms with Gasteiger partial charge in [-0.25, -0.2) is 0 Å². The average Bonchev–Trinajstić information content (AvgIpc) is 2.60. The molecule has 0 fully saturated rings. The molecule has 0 saturated heterocycles. The maximum absolute atomic E-state index is 12.1. The van der Waals surface area contributed by atoms with Crippen LogP contribution in [0.15, 0.2) is 36.4 Å². The fraction of sp³-hybridized carbons (Fsp3) is 0.294. The molecule has 11 heteroatoms. The maximum atomic E-state index is 12.1. The molecule has 0 unspecified atom stereocenters. The van der Waals surface area contributed by atoms with Crippen LogP contribution in [0.2, 0.25) is 0 Å². The number of methoxy groups -OCH3 is 1. The van der Waals surface area contributed by atoms with Crippen LogP contribution in [0.4, 0.5) is 26.3 Å². The van der Waals surface area contributed by atoms with E-state index in [1.54, 1.807) is 6.07 Å². The lowest BCUT2D eigenvalue weighted by molar-refractivity contribution is -0.173. The minimum atomic E-state index is -4.86. The summed E-state index contributed by atoms with van der Waals surface area (Å²) in [5.41, 5.74) is 4.58. The molecule has 0 aliphatic heterocycles. The van der Waals surface area contributed by atoms with Gasteiger partial charge in [-0.2, -0.15) is 26.3 Å². The van der Waals surface area contributed by atoms with Crippen molar-refractivity contribution in [3.05, 3.63) is 42.0 Å². The first-order valence-electron chi connectivity index (χ1n) is 7.64. The number of halogens is 6. The Hall–Kier alpha value is -2.98. The third-order valence-corrected chi connectivity index (χ3v) is 3.41. The fourth-order valence-corrected chi connectivity index (χ4v) is 2.17. The number of carbonyl (C=O) groups is 2. The quantitative estimate of drug-likeness (QED) is 0.761. The van der Waals surface area contributed by atoms with E-state index in [4.69, 9.17) is 9.53 Å². The van der Waals surface area contributed by atoms with Crippen molar-refractivity contribution >= 4 is 22.6 Å². The number of benzene rings is 2. The molecule has 0 heterocycles. The van der Waals surface area contributed by atoms with E-state index in [2.05, 4.69) is 5.73 Å². The minimum Gasteiger partial charge on any atom is -0.496 e. The first kappa shape index (κ1) is 23.1. The number of hydrogen-bond acceptors (Lipinski definition) is 3. The molecule has 0 saturated carbocycles. The predicted octanol–water partition coefficient (Wildman–Crippen LogP) is 3.10. The Morgan fingerprint density at radius 3 is 2.07 bits per heavy atom. The Bertz CT molecular complexity index is 834. The van der Waals surface area contributed by atoms with Gasteiger partial charge in [-0.15, -0.1) is 0 Å². The van der Waals surface area contributed by atoms with Crippen molar-refractivity contribution < 1.29 is 40.7 Å². The van der Waals surface area contributed by atoms with Gasteiger partial charge in [-0.05, 0) is 23.3 Å². The number of amides is 2. The highest BCUT2D eigenvalue weighted by Crippen LogP contribution is 2.28. The molecule has 0 radical (unpaired) electrons. The number of nitrogens with one attached hydrogen (secondary N) is 1. The van der Waals surface area contributed by atoms with E-state index >= 15 is 0 Å². The number of fused-ring (bicyclic) bond motifs is 1. The van der Waals surface area contributed by atoms with E-state index in [0.29, 0.717) is 5.75 Å². The molecule has 0 atom stereocenters. The first-order chi connectivity index (χ1) is 12.9. The van der Waals surface area contributed by atoms with Crippen LogP contribution in [-0.2, 0) is 16.0 Å². The lowest BCUT2D eigenvalue weighted by Gasteiger charge is -2.13. The van der Waals surface area contributed by atoms with Gasteiger partial charge >= 0.3 is 24.2 Å². The van der Waals surface area contributed by atoms with Crippen molar-refractivity contribution in [2.75, 3.05) is 13.7 Å². The Balaban J connectivity index is 0.000000480. The topological polar surface area (TPSA) is 81.4 Å². The lowest BCUT2D eigenvalue weighted by Crippen LogP contribution is -2.37. The first-order valence-corrected chi connectivity index (χ1v) is 7.64. The number of alkyl halides is 6. The van der Waals surface area contributed by atoms with Crippen molar-refractivity contribution in [3.8, 4) is 5.75 Å². The Labute approximate surface area is 155 Å². The largest absolute Gasteiger partial charge is 0.496 e. The summed E-state index contributed by atoms with van der Waals surface area (Å²) in [5, 5.41) is 3.74. The van der Waals surface area contributed by atoms with Crippen LogP contribution < -0.4 is 15.8 Å². The molecule has 0 aromatic heterocycles. The molecule has 3 N–H and O–H groups in total. The molecule has 2 aromatic carbocycles. The van der Waals surface area contributed by atoms with Gasteiger partial charge in [0, 0.05) is 12.1 Å². The van der Waals surface area contributed by atoms with Gasteiger partial charge in [0.1, 0.15) is 5.75 Å². The molecule has 154 valence electrons. The molecule has 0 spiro atoms. The van der Waals surface area contributed by atoms with E-state index in [-0.39, 0.29) is 13.0 Å². The Kier molecular flexibility index (Phi) is 7.65. The van der Waals surface area contributed by atoms with Gasteiger partial charge < -0.3 is 15.8 Å². The molecule has 5 nitrogen and oxygen atoms in total. The van der Waals surface area contributed by atoms with Crippen LogP contribution in [-0.4, -0.2) is 37.8 Å². The minimum absolute atomic E-state index is 0.108. The summed E-state index contributed by atoms with van der Waals surface area (Å²) in [6, 6.07) is 11.2. The molecule has 0 bridgehead atoms. The highest BCUT2D eigenvalue weighted by atomic mass is 19.4. The molecule has 0 aliphatic rings. The summed E-state index contributed by atoms with van der Waals surface area (Å²) in [7, 11) is 1.50. The number of nitrogens with two attached hydrogens (primary N) is 1. The normalized spacial score (nSPS) is 11.4. The second kappa shape index (κ2) is 9.29. The molecular weight excluding hydrogens is 394 g/mol. The number of primary amides is 1. The van der Waals surface area contributed by atoms with Gasteiger partial charge in [0.2, 0.25) is 0 Å². The second-order valence-electron chi connectivity index (χ2n) is 5.33. The summed E-state index contributed by atoms with van der Waals surface area (Å²) in [6.07, 6.45) is -9.46. The van der Waals surface area contributed by atoms with Gasteiger partial charge in [0.25, 0.3) is 0 Å². The second-order valence-corrected chi connectivity index (χ2v) is 5.33. The van der Waals surface area contributed by atoms with Crippen molar-refractivity contribution in [3.63, 3.8) is 0 Å². The third-order valence-electron chi connectivity index (χ3n) is 3.41. The number of ether oxygens (including phenoxy) is 1. The highest BCUT2D eigenvalue weighted by molar-refractivity contribution is 5.88. The predicted molar refractivity (Wildman–Crippen MR) is 88.5 cm³/mol. The van der Waals surface area contributed by atoms with Crippen LogP contribution in [0.1, 0.15) is 5.56 Å². The van der Waals surface area contributed by atoms with E-state index in [1.165, 1.54) is 7.11 Å². The van der Waals surface area contributed by atoms with Crippen molar-refractivity contribution in [1.29, 1.82) is 0 Å². The van der Waals surface area contributed by atoms with Gasteiger partial charge in [0.15, 0.2) is 0 Å². The van der Waals surface area contributed by atoms with E-state index < -0.39 is 24.2 Å². The van der Waals surface area contributed by atoms with Gasteiger partial charge in [0.05, 0.1) is 7.11 Å². The van der Waals surface area contributed by atoms with Crippen LogP contribution in [0, 0.1) is 0 Å². The van der Waals surface area contributed by atoms with Gasteiger partial charge in [-0.1, -0.05) is 30.3 Å². The van der Waals surface area contributed by atoms with Gasteiger partial charge in [-0.3, -0.25) is 9.59 Å². The Morgan fingerprint density at radius 1 is 1.00 bits per heavy atom. The zero-order valence-electron chi connectivity index (χ0n) is 14.4. The zero-order valence-corrected chi connectivity index (χ0v) is 14.4. The number of carbonyl (C=O) groups excluding carboxylic acids is 2. The zero-order chi connectivity index (χ0) is 21.5. The average molecular weight is 410 g/mol. The third kappa shape index (κ3) is 6.63. The molecule has 28 heavy (non-hydrogen) atoms. The summed E-state index contributed by atoms with van der Waals surface area (Å²) in [6.45, 7) is -0.108. The van der Waals surface area contributed by atoms with Crippen LogP contribution in [0.5, 0.6) is 5.75 Å². The van der Waals surface area contributed by atoms with Crippen LogP contribution in [0.3, 0.4) is 0 Å². The fourth-order valence-electron chi connectivity index (χ4n) is 2.17. The summed E-state index contributed by atoms with van der Waals surface area (Å²) in [5.74, 6) is -3.59. The molecule has 0 aliphatic carbocycles. The van der Waals surface area contributed by atoms with Crippen molar-refractivity contribution in [1.82, 2.24) is 5.32 Å². The van der Waals surface area contributed by atoms with Crippen molar-refractivity contribution in [2.24, 2.45) is 5.73 Å². The van der Waals surface area contributed by atoms with Crippen LogP contribution >= 0.6 is 0 Å². The summed E-state index contributed by atoms with van der Waals surface area (Å²) >= 11 is 0. The standard InChI is InChI=1S/C15H14F3NO2.C2H2F3NO/c1-21-13-7-6-10-4-2-3-5-11(10)12(13)8-9-19-14(20)15(16,17)18;3-2(4,5)1(6)7/h2-7H,8-9H2,1H3,(H,19,20);(H2,6,7). The van der Waals surface area contributed by atoms with Crippen molar-refractivity contribution in [2.45, 2.75) is 18.8 Å². The van der Waals surface area contributed by atoms with E-state index in [1.807, 2.05) is 35.6 Å². The van der Waals surface area contributed by atoms with Crippen LogP contribution in [0.25, 0.3) is 10.8 Å². The smallest absolute Gasteiger partial charge is 0.471 e. The summed E-state index contributed by atoms with van der Waals surface area (Å²) in [4.78, 5) is 19.9. The molecule has 2 aromatic rings.